The predicted octanol–water partition coefficient (Wildman–Crippen LogP) is 3.81. The van der Waals surface area contributed by atoms with Crippen molar-refractivity contribution in [2.24, 2.45) is 5.92 Å². The van der Waals surface area contributed by atoms with Gasteiger partial charge in [0, 0.05) is 4.83 Å². The van der Waals surface area contributed by atoms with E-state index in [1.165, 1.54) is 24.8 Å². The van der Waals surface area contributed by atoms with Gasteiger partial charge in [-0.3, -0.25) is 0 Å². The van der Waals surface area contributed by atoms with Crippen molar-refractivity contribution >= 4 is 15.9 Å². The fourth-order valence-corrected chi connectivity index (χ4v) is 3.10. The van der Waals surface area contributed by atoms with E-state index in [1.807, 2.05) is 6.07 Å². The van der Waals surface area contributed by atoms with Crippen LogP contribution in [0.2, 0.25) is 0 Å². The van der Waals surface area contributed by atoms with Crippen LogP contribution >= 0.6 is 15.9 Å². The van der Waals surface area contributed by atoms with E-state index in [2.05, 4.69) is 28.1 Å². The number of benzene rings is 1. The molecule has 17 heavy (non-hydrogen) atoms. The van der Waals surface area contributed by atoms with Gasteiger partial charge in [-0.15, -0.1) is 0 Å². The third-order valence-corrected chi connectivity index (χ3v) is 4.61. The summed E-state index contributed by atoms with van der Waals surface area (Å²) in [4.78, 5) is 0.592. The Kier molecular flexibility index (Phi) is 4.32. The molecule has 1 saturated carbocycles. The van der Waals surface area contributed by atoms with Crippen LogP contribution in [0, 0.1) is 5.92 Å². The Balaban J connectivity index is 2.05. The van der Waals surface area contributed by atoms with E-state index in [-0.39, 0.29) is 0 Å². The van der Waals surface area contributed by atoms with Crippen LogP contribution in [0.5, 0.6) is 11.5 Å². The zero-order valence-corrected chi connectivity index (χ0v) is 12.0. The minimum atomic E-state index is 0.592. The lowest BCUT2D eigenvalue weighted by atomic mass is 9.81. The number of ether oxygens (including phenoxy) is 2. The molecule has 3 heteroatoms. The van der Waals surface area contributed by atoms with Gasteiger partial charge < -0.3 is 9.47 Å². The van der Waals surface area contributed by atoms with Gasteiger partial charge in [-0.2, -0.15) is 0 Å². The van der Waals surface area contributed by atoms with Gasteiger partial charge in [0.05, 0.1) is 14.2 Å². The van der Waals surface area contributed by atoms with Crippen LogP contribution in [-0.4, -0.2) is 19.0 Å². The van der Waals surface area contributed by atoms with Gasteiger partial charge in [0.2, 0.25) is 0 Å². The molecular weight excluding hydrogens is 280 g/mol. The Morgan fingerprint density at radius 3 is 2.47 bits per heavy atom. The molecule has 1 atom stereocenters. The Hall–Kier alpha value is -0.700. The summed E-state index contributed by atoms with van der Waals surface area (Å²) in [6.07, 6.45) is 5.18. The highest BCUT2D eigenvalue weighted by Crippen LogP contribution is 2.36. The third-order valence-electron chi connectivity index (χ3n) is 3.54. The van der Waals surface area contributed by atoms with Gasteiger partial charge in [-0.1, -0.05) is 28.4 Å². The van der Waals surface area contributed by atoms with Crippen molar-refractivity contribution in [2.45, 2.75) is 30.5 Å². The maximum absolute atomic E-state index is 5.32. The van der Waals surface area contributed by atoms with Gasteiger partial charge in [0.15, 0.2) is 11.5 Å². The lowest BCUT2D eigenvalue weighted by Crippen LogP contribution is -2.23. The maximum Gasteiger partial charge on any atom is 0.160 e. The first-order valence-electron chi connectivity index (χ1n) is 6.09. The topological polar surface area (TPSA) is 18.5 Å². The minimum Gasteiger partial charge on any atom is -0.493 e. The molecule has 1 unspecified atom stereocenters. The number of alkyl halides is 1. The molecule has 0 bridgehead atoms. The number of rotatable bonds is 5. The summed E-state index contributed by atoms with van der Waals surface area (Å²) in [7, 11) is 3.35. The maximum atomic E-state index is 5.32. The molecule has 0 radical (unpaired) electrons. The van der Waals surface area contributed by atoms with Gasteiger partial charge >= 0.3 is 0 Å². The van der Waals surface area contributed by atoms with Crippen molar-refractivity contribution in [2.75, 3.05) is 14.2 Å². The molecule has 1 aromatic carbocycles. The second-order valence-electron chi connectivity index (χ2n) is 4.60. The highest BCUT2D eigenvalue weighted by atomic mass is 79.9. The van der Waals surface area contributed by atoms with E-state index in [1.54, 1.807) is 14.2 Å². The van der Waals surface area contributed by atoms with Crippen LogP contribution in [-0.2, 0) is 6.42 Å². The highest BCUT2D eigenvalue weighted by molar-refractivity contribution is 9.09. The van der Waals surface area contributed by atoms with Crippen LogP contribution in [0.1, 0.15) is 24.8 Å². The predicted molar refractivity (Wildman–Crippen MR) is 73.3 cm³/mol. The van der Waals surface area contributed by atoms with Gasteiger partial charge in [0.1, 0.15) is 0 Å². The quantitative estimate of drug-likeness (QED) is 0.770. The van der Waals surface area contributed by atoms with Crippen LogP contribution in [0.3, 0.4) is 0 Å². The molecule has 1 aromatic rings. The van der Waals surface area contributed by atoms with E-state index in [9.17, 15) is 0 Å². The summed E-state index contributed by atoms with van der Waals surface area (Å²) in [6, 6.07) is 6.18. The molecule has 0 saturated heterocycles. The van der Waals surface area contributed by atoms with E-state index in [4.69, 9.17) is 9.47 Å². The van der Waals surface area contributed by atoms with Crippen molar-refractivity contribution in [1.29, 1.82) is 0 Å². The van der Waals surface area contributed by atoms with Crippen LogP contribution in [0.4, 0.5) is 0 Å². The van der Waals surface area contributed by atoms with Crippen molar-refractivity contribution in [3.8, 4) is 11.5 Å². The van der Waals surface area contributed by atoms with Crippen molar-refractivity contribution in [1.82, 2.24) is 0 Å². The van der Waals surface area contributed by atoms with Gasteiger partial charge in [-0.05, 0) is 42.9 Å². The van der Waals surface area contributed by atoms with Crippen LogP contribution < -0.4 is 9.47 Å². The number of methoxy groups -OCH3 is 2. The first-order chi connectivity index (χ1) is 8.24. The third kappa shape index (κ3) is 2.95. The summed E-state index contributed by atoms with van der Waals surface area (Å²) in [5, 5.41) is 0. The average molecular weight is 299 g/mol. The molecule has 0 amide bonds. The number of hydrogen-bond acceptors (Lipinski definition) is 2. The van der Waals surface area contributed by atoms with Crippen LogP contribution in [0.25, 0.3) is 0 Å². The average Bonchev–Trinajstić information content (AvgIpc) is 2.26. The Bertz CT molecular complexity index is 374. The van der Waals surface area contributed by atoms with E-state index in [0.717, 1.165) is 23.8 Å². The van der Waals surface area contributed by atoms with E-state index in [0.29, 0.717) is 4.83 Å². The van der Waals surface area contributed by atoms with Crippen LogP contribution in [0.15, 0.2) is 18.2 Å². The summed E-state index contributed by atoms with van der Waals surface area (Å²) in [5.74, 6) is 2.47. The molecule has 2 nitrogen and oxygen atoms in total. The first kappa shape index (κ1) is 12.7. The smallest absolute Gasteiger partial charge is 0.160 e. The number of halogens is 1. The summed E-state index contributed by atoms with van der Waals surface area (Å²) in [6.45, 7) is 0. The zero-order chi connectivity index (χ0) is 12.3. The minimum absolute atomic E-state index is 0.592. The number of hydrogen-bond donors (Lipinski definition) is 0. The highest BCUT2D eigenvalue weighted by Gasteiger charge is 2.25. The SMILES string of the molecule is COc1ccc(CC(Br)C2CCC2)cc1OC. The lowest BCUT2D eigenvalue weighted by molar-refractivity contribution is 0.308. The lowest BCUT2D eigenvalue weighted by Gasteiger charge is -2.30. The normalized spacial score (nSPS) is 17.4. The Morgan fingerprint density at radius 2 is 1.94 bits per heavy atom. The molecule has 2 rings (SSSR count). The summed E-state index contributed by atoms with van der Waals surface area (Å²) in [5.41, 5.74) is 1.30. The zero-order valence-electron chi connectivity index (χ0n) is 10.4. The van der Waals surface area contributed by atoms with Gasteiger partial charge in [0.25, 0.3) is 0 Å². The molecule has 1 aliphatic rings. The molecule has 1 aliphatic carbocycles. The summed E-state index contributed by atoms with van der Waals surface area (Å²) < 4.78 is 10.6. The summed E-state index contributed by atoms with van der Waals surface area (Å²) >= 11 is 3.80. The standard InChI is InChI=1S/C14H19BrO2/c1-16-13-7-6-10(9-14(13)17-2)8-12(15)11-4-3-5-11/h6-7,9,11-12H,3-5,8H2,1-2H3. The first-order valence-corrected chi connectivity index (χ1v) is 7.01. The Morgan fingerprint density at radius 1 is 1.24 bits per heavy atom. The second-order valence-corrected chi connectivity index (χ2v) is 5.78. The monoisotopic (exact) mass is 298 g/mol. The molecule has 0 spiro atoms. The molecule has 0 aliphatic heterocycles. The Labute approximate surface area is 111 Å². The molecule has 0 N–H and O–H groups in total. The van der Waals surface area contributed by atoms with E-state index >= 15 is 0 Å². The van der Waals surface area contributed by atoms with Crippen molar-refractivity contribution in [3.05, 3.63) is 23.8 Å². The molecule has 0 heterocycles. The molecule has 94 valence electrons. The molecule has 1 fully saturated rings. The second kappa shape index (κ2) is 5.76. The van der Waals surface area contributed by atoms with Crippen molar-refractivity contribution in [3.63, 3.8) is 0 Å². The fraction of sp³-hybridized carbons (Fsp3) is 0.571. The molecular formula is C14H19BrO2. The largest absolute Gasteiger partial charge is 0.493 e. The fourth-order valence-electron chi connectivity index (χ4n) is 2.20. The van der Waals surface area contributed by atoms with Gasteiger partial charge in [-0.25, -0.2) is 0 Å². The molecule has 0 aromatic heterocycles. The van der Waals surface area contributed by atoms with E-state index < -0.39 is 0 Å². The van der Waals surface area contributed by atoms with Crippen molar-refractivity contribution < 1.29 is 9.47 Å².